The molecule has 2 aromatic heterocycles. The Morgan fingerprint density at radius 1 is 1.12 bits per heavy atom. The summed E-state index contributed by atoms with van der Waals surface area (Å²) in [6.07, 6.45) is 1.53. The Morgan fingerprint density at radius 2 is 1.86 bits per heavy atom. The topological polar surface area (TPSA) is 195 Å². The van der Waals surface area contributed by atoms with Gasteiger partial charge in [-0.25, -0.2) is 19.0 Å². The Balaban J connectivity index is 1.23. The van der Waals surface area contributed by atoms with E-state index >= 15 is 0 Å². The molecule has 0 saturated carbocycles. The van der Waals surface area contributed by atoms with E-state index in [9.17, 15) is 29.1 Å². The van der Waals surface area contributed by atoms with Crippen molar-refractivity contribution in [2.24, 2.45) is 0 Å². The molecule has 0 radical (unpaired) electrons. The zero-order valence-electron chi connectivity index (χ0n) is 22.4. The number of aliphatic carboxylic acids is 1. The molecule has 2 aliphatic rings. The lowest BCUT2D eigenvalue weighted by Crippen LogP contribution is -2.71. The molecule has 1 fully saturated rings. The molecule has 16 heteroatoms. The monoisotopic (exact) mass is 620 g/mol. The number of carboxylic acid groups (broad SMARTS) is 1. The van der Waals surface area contributed by atoms with Crippen LogP contribution in [0, 0.1) is 0 Å². The maximum absolute atomic E-state index is 13.6. The molecule has 1 saturated heterocycles. The van der Waals surface area contributed by atoms with Gasteiger partial charge in [0.25, 0.3) is 5.91 Å². The number of H-pyrrole nitrogens is 2. The number of nitrogens with one attached hydrogen (secondary N) is 4. The molecule has 4 aromatic rings. The van der Waals surface area contributed by atoms with Crippen molar-refractivity contribution in [3.8, 4) is 0 Å². The van der Waals surface area contributed by atoms with Crippen molar-refractivity contribution in [2.45, 2.75) is 34.7 Å². The van der Waals surface area contributed by atoms with E-state index in [-0.39, 0.29) is 10.9 Å². The van der Waals surface area contributed by atoms with Crippen LogP contribution in [0.15, 0.2) is 81.9 Å². The van der Waals surface area contributed by atoms with Crippen LogP contribution in [0.25, 0.3) is 11.0 Å². The van der Waals surface area contributed by atoms with Gasteiger partial charge >= 0.3 is 17.7 Å². The van der Waals surface area contributed by atoms with Gasteiger partial charge in [0.1, 0.15) is 28.2 Å². The van der Waals surface area contributed by atoms with E-state index in [4.69, 9.17) is 0 Å². The lowest BCUT2D eigenvalue weighted by atomic mass is 10.00. The van der Waals surface area contributed by atoms with Crippen LogP contribution in [0.5, 0.6) is 0 Å². The first-order chi connectivity index (χ1) is 20.7. The van der Waals surface area contributed by atoms with Crippen molar-refractivity contribution in [3.05, 3.63) is 88.1 Å². The number of nitrogens with zero attached hydrogens (tertiary/aromatic N) is 4. The normalized spacial score (nSPS) is 19.4. The van der Waals surface area contributed by atoms with Gasteiger partial charge in [0.2, 0.25) is 5.91 Å². The van der Waals surface area contributed by atoms with E-state index in [0.29, 0.717) is 32.9 Å². The molecule has 220 valence electrons. The summed E-state index contributed by atoms with van der Waals surface area (Å²) in [6, 6.07) is 11.9. The van der Waals surface area contributed by atoms with Crippen molar-refractivity contribution in [3.63, 3.8) is 0 Å². The third-order valence-electron chi connectivity index (χ3n) is 7.14. The molecule has 2 aromatic carbocycles. The summed E-state index contributed by atoms with van der Waals surface area (Å²) in [5.74, 6) is -2.19. The third kappa shape index (κ3) is 5.18. The van der Waals surface area contributed by atoms with Gasteiger partial charge in [-0.05, 0) is 30.2 Å². The first-order valence-electron chi connectivity index (χ1n) is 13.0. The smallest absolute Gasteiger partial charge is 0.352 e. The maximum Gasteiger partial charge on any atom is 0.352 e. The highest BCUT2D eigenvalue weighted by molar-refractivity contribution is 8.01. The molecule has 0 bridgehead atoms. The fraction of sp³-hybridized carbons (Fsp3) is 0.222. The number of rotatable bonds is 8. The minimum absolute atomic E-state index is 0.113. The summed E-state index contributed by atoms with van der Waals surface area (Å²) in [5, 5.41) is 25.2. The Kier molecular flexibility index (Phi) is 7.53. The van der Waals surface area contributed by atoms with Crippen LogP contribution in [-0.2, 0) is 14.4 Å². The molecule has 0 aliphatic carbocycles. The number of benzene rings is 2. The number of amides is 3. The lowest BCUT2D eigenvalue weighted by Gasteiger charge is -2.50. The summed E-state index contributed by atoms with van der Waals surface area (Å²) >= 11 is 2.67. The van der Waals surface area contributed by atoms with Crippen LogP contribution in [0.3, 0.4) is 0 Å². The SMILES string of the molecule is CC(Sc1cnn[nH]1)C1=C(C(=O)O)N2C(=O)C(NC(=O)C(NC(=O)n3c(=O)[nH]c4ccccc43)c3ccccc3)[C@@H]2SC1. The quantitative estimate of drug-likeness (QED) is 0.143. The number of carbonyl (C=O) groups excluding carboxylic acids is 3. The summed E-state index contributed by atoms with van der Waals surface area (Å²) in [4.78, 5) is 69.0. The molecule has 0 spiro atoms. The summed E-state index contributed by atoms with van der Waals surface area (Å²) in [5.41, 5.74) is 0.987. The Hall–Kier alpha value is -4.83. The van der Waals surface area contributed by atoms with Gasteiger partial charge in [-0.15, -0.1) is 16.9 Å². The average Bonchev–Trinajstić information content (AvgIpc) is 3.64. The van der Waals surface area contributed by atoms with Crippen molar-refractivity contribution >= 4 is 58.4 Å². The predicted molar refractivity (Wildman–Crippen MR) is 157 cm³/mol. The number of thioether (sulfide) groups is 2. The van der Waals surface area contributed by atoms with Crippen LogP contribution >= 0.6 is 23.5 Å². The number of aromatic amines is 2. The molecule has 2 aliphatic heterocycles. The Labute approximate surface area is 251 Å². The van der Waals surface area contributed by atoms with Gasteiger partial charge < -0.3 is 20.7 Å². The van der Waals surface area contributed by atoms with E-state index in [1.807, 2.05) is 6.92 Å². The molecule has 43 heavy (non-hydrogen) atoms. The molecule has 4 heterocycles. The summed E-state index contributed by atoms with van der Waals surface area (Å²) < 4.78 is 0.899. The summed E-state index contributed by atoms with van der Waals surface area (Å²) in [7, 11) is 0. The highest BCUT2D eigenvalue weighted by Crippen LogP contribution is 2.43. The van der Waals surface area contributed by atoms with E-state index in [2.05, 4.69) is 31.0 Å². The van der Waals surface area contributed by atoms with Gasteiger partial charge in [0.15, 0.2) is 0 Å². The second kappa shape index (κ2) is 11.4. The second-order valence-corrected chi connectivity index (χ2v) is 12.2. The Bertz CT molecular complexity index is 1820. The standard InChI is InChI=1S/C27H24N8O6S2/c1-13(43-18-11-28-33-32-18)15-12-42-24-20(23(37)35(24)21(15)25(38)39)30-22(36)19(14-7-3-2-4-8-14)31-27(41)34-17-10-6-5-9-16(17)29-26(34)40/h2-11,13,19-20,24H,12H2,1H3,(H,29,40)(H,30,36)(H,31,41)(H,38,39)(H,28,32,33)/t13?,19?,20?,24-/m0/s1. The number of para-hydroxylation sites is 2. The molecule has 5 N–H and O–H groups in total. The fourth-order valence-corrected chi connectivity index (χ4v) is 7.58. The second-order valence-electron chi connectivity index (χ2n) is 9.73. The van der Waals surface area contributed by atoms with Gasteiger partial charge in [0, 0.05) is 11.0 Å². The highest BCUT2D eigenvalue weighted by atomic mass is 32.2. The molecule has 4 atom stereocenters. The molecule has 3 amide bonds. The number of aromatic nitrogens is 5. The number of imidazole rings is 1. The number of hydrogen-bond acceptors (Lipinski definition) is 9. The van der Waals surface area contributed by atoms with Crippen LogP contribution < -0.4 is 16.3 Å². The molecule has 14 nitrogen and oxygen atoms in total. The van der Waals surface area contributed by atoms with E-state index in [0.717, 1.165) is 4.57 Å². The third-order valence-corrected chi connectivity index (χ3v) is 9.53. The highest BCUT2D eigenvalue weighted by Gasteiger charge is 2.55. The lowest BCUT2D eigenvalue weighted by molar-refractivity contribution is -0.151. The van der Waals surface area contributed by atoms with E-state index < -0.39 is 47.0 Å². The van der Waals surface area contributed by atoms with Crippen molar-refractivity contribution < 1.29 is 24.3 Å². The van der Waals surface area contributed by atoms with Gasteiger partial charge in [-0.1, -0.05) is 59.4 Å². The Morgan fingerprint density at radius 3 is 2.58 bits per heavy atom. The van der Waals surface area contributed by atoms with Crippen LogP contribution in [-0.4, -0.2) is 81.2 Å². The number of carbonyl (C=O) groups is 4. The summed E-state index contributed by atoms with van der Waals surface area (Å²) in [6.45, 7) is 1.83. The molecule has 3 unspecified atom stereocenters. The number of fused-ring (bicyclic) bond motifs is 2. The van der Waals surface area contributed by atoms with E-state index in [1.54, 1.807) is 54.6 Å². The fourth-order valence-electron chi connectivity index (χ4n) is 5.09. The van der Waals surface area contributed by atoms with Gasteiger partial charge in [-0.3, -0.25) is 19.6 Å². The molecular formula is C27H24N8O6S2. The van der Waals surface area contributed by atoms with Crippen molar-refractivity contribution in [2.75, 3.05) is 5.75 Å². The van der Waals surface area contributed by atoms with Gasteiger partial charge in [0.05, 0.1) is 17.2 Å². The minimum Gasteiger partial charge on any atom is -0.477 e. The van der Waals surface area contributed by atoms with Crippen molar-refractivity contribution in [1.29, 1.82) is 0 Å². The van der Waals surface area contributed by atoms with Gasteiger partial charge in [-0.2, -0.15) is 0 Å². The zero-order chi connectivity index (χ0) is 30.2. The minimum atomic E-state index is -1.26. The van der Waals surface area contributed by atoms with Crippen LogP contribution in [0.1, 0.15) is 18.5 Å². The first kappa shape index (κ1) is 28.3. The van der Waals surface area contributed by atoms with Crippen LogP contribution in [0.2, 0.25) is 0 Å². The zero-order valence-corrected chi connectivity index (χ0v) is 24.0. The largest absolute Gasteiger partial charge is 0.477 e. The number of hydrogen-bond donors (Lipinski definition) is 5. The number of β-lactam (4-membered cyclic amide) rings is 1. The van der Waals surface area contributed by atoms with Crippen molar-refractivity contribution in [1.82, 2.24) is 40.5 Å². The molecular weight excluding hydrogens is 596 g/mol. The van der Waals surface area contributed by atoms with E-state index in [1.165, 1.54) is 34.6 Å². The maximum atomic E-state index is 13.6. The van der Waals surface area contributed by atoms with Crippen LogP contribution in [0.4, 0.5) is 4.79 Å². The first-order valence-corrected chi connectivity index (χ1v) is 15.0. The molecule has 6 rings (SSSR count). The number of carboxylic acids is 1. The predicted octanol–water partition coefficient (Wildman–Crippen LogP) is 1.67. The average molecular weight is 621 g/mol.